The maximum absolute atomic E-state index is 12.9. The summed E-state index contributed by atoms with van der Waals surface area (Å²) in [7, 11) is 0. The molecule has 1 atom stereocenters. The molecule has 0 fully saturated rings. The number of nitrogen functional groups attached to an aromatic ring is 1. The van der Waals surface area contributed by atoms with Gasteiger partial charge in [0.1, 0.15) is 11.4 Å². The van der Waals surface area contributed by atoms with Gasteiger partial charge in [-0.15, -0.1) is 0 Å². The third kappa shape index (κ3) is 3.14. The van der Waals surface area contributed by atoms with Gasteiger partial charge in [-0.05, 0) is 36.1 Å². The fourth-order valence-corrected chi connectivity index (χ4v) is 2.83. The summed E-state index contributed by atoms with van der Waals surface area (Å²) in [5, 5.41) is 2.52. The molecule has 10 heteroatoms. The van der Waals surface area contributed by atoms with Gasteiger partial charge >= 0.3 is 11.9 Å². The van der Waals surface area contributed by atoms with Crippen LogP contribution in [0.4, 0.5) is 18.9 Å². The van der Waals surface area contributed by atoms with Crippen molar-refractivity contribution in [3.05, 3.63) is 61.4 Å². The molecule has 0 saturated heterocycles. The van der Waals surface area contributed by atoms with Gasteiger partial charge in [0.15, 0.2) is 0 Å². The minimum Gasteiger partial charge on any atom is -0.392 e. The van der Waals surface area contributed by atoms with Crippen molar-refractivity contribution in [3.8, 4) is 0 Å². The molecule has 1 aromatic carbocycles. The van der Waals surface area contributed by atoms with Crippen LogP contribution in [0.5, 0.6) is 0 Å². The van der Waals surface area contributed by atoms with Crippen molar-refractivity contribution in [2.45, 2.75) is 25.1 Å². The van der Waals surface area contributed by atoms with Crippen LogP contribution in [0.3, 0.4) is 0 Å². The number of carbonyl (C=O) groups excluding carboxylic acids is 1. The number of aromatic amines is 2. The van der Waals surface area contributed by atoms with E-state index in [1.807, 2.05) is 4.98 Å². The number of hydrogen-bond donors (Lipinski definition) is 4. The molecule has 132 valence electrons. The maximum Gasteiger partial charge on any atom is 0.416 e. The van der Waals surface area contributed by atoms with Gasteiger partial charge in [0, 0.05) is 0 Å². The molecule has 1 aliphatic carbocycles. The van der Waals surface area contributed by atoms with Crippen LogP contribution in [-0.4, -0.2) is 15.9 Å². The lowest BCUT2D eigenvalue weighted by Crippen LogP contribution is -2.35. The van der Waals surface area contributed by atoms with Crippen molar-refractivity contribution in [1.29, 1.82) is 0 Å². The second-order valence-corrected chi connectivity index (χ2v) is 5.67. The first-order chi connectivity index (χ1) is 11.7. The van der Waals surface area contributed by atoms with Crippen molar-refractivity contribution >= 4 is 11.6 Å². The Balaban J connectivity index is 1.91. The number of benzene rings is 1. The first-order valence-corrected chi connectivity index (χ1v) is 7.30. The number of rotatable bonds is 2. The van der Waals surface area contributed by atoms with Crippen LogP contribution in [0.15, 0.2) is 27.8 Å². The molecule has 1 aromatic heterocycles. The van der Waals surface area contributed by atoms with Crippen molar-refractivity contribution in [3.63, 3.8) is 0 Å². The topological polar surface area (TPSA) is 121 Å². The van der Waals surface area contributed by atoms with Crippen LogP contribution in [-0.2, 0) is 12.6 Å². The van der Waals surface area contributed by atoms with Gasteiger partial charge in [-0.25, -0.2) is 4.79 Å². The number of carbonyl (C=O) groups is 1. The zero-order valence-electron chi connectivity index (χ0n) is 12.7. The summed E-state index contributed by atoms with van der Waals surface area (Å²) in [5.74, 6) is -0.837. The minimum atomic E-state index is -4.49. The Labute approximate surface area is 138 Å². The monoisotopic (exact) mass is 354 g/mol. The highest BCUT2D eigenvalue weighted by molar-refractivity contribution is 5.97. The summed E-state index contributed by atoms with van der Waals surface area (Å²) in [6.45, 7) is 0. The molecular formula is C15H13F3N4O3. The largest absolute Gasteiger partial charge is 0.416 e. The molecule has 3 rings (SSSR count). The zero-order chi connectivity index (χ0) is 18.4. The molecule has 0 bridgehead atoms. The number of aryl methyl sites for hydroxylation is 1. The van der Waals surface area contributed by atoms with Gasteiger partial charge in [-0.3, -0.25) is 14.6 Å². The molecule has 0 unspecified atom stereocenters. The van der Waals surface area contributed by atoms with Crippen LogP contribution in [0, 0.1) is 0 Å². The summed E-state index contributed by atoms with van der Waals surface area (Å²) >= 11 is 0. The van der Waals surface area contributed by atoms with E-state index in [0.29, 0.717) is 24.0 Å². The zero-order valence-corrected chi connectivity index (χ0v) is 12.7. The molecule has 5 N–H and O–H groups in total. The predicted molar refractivity (Wildman–Crippen MR) is 82.1 cm³/mol. The van der Waals surface area contributed by atoms with Crippen molar-refractivity contribution < 1.29 is 18.0 Å². The van der Waals surface area contributed by atoms with Crippen LogP contribution in [0.2, 0.25) is 0 Å². The maximum atomic E-state index is 12.9. The van der Waals surface area contributed by atoms with E-state index in [1.54, 1.807) is 0 Å². The highest BCUT2D eigenvalue weighted by Crippen LogP contribution is 2.37. The first kappa shape index (κ1) is 16.8. The van der Waals surface area contributed by atoms with Gasteiger partial charge in [0.2, 0.25) is 0 Å². The number of aromatic nitrogens is 2. The molecular weight excluding hydrogens is 341 g/mol. The molecule has 25 heavy (non-hydrogen) atoms. The third-order valence-electron chi connectivity index (χ3n) is 4.06. The van der Waals surface area contributed by atoms with Gasteiger partial charge in [-0.2, -0.15) is 13.2 Å². The van der Waals surface area contributed by atoms with Crippen molar-refractivity contribution in [2.24, 2.45) is 0 Å². The van der Waals surface area contributed by atoms with Crippen LogP contribution < -0.4 is 22.3 Å². The Morgan fingerprint density at radius 1 is 1.24 bits per heavy atom. The highest BCUT2D eigenvalue weighted by Gasteiger charge is 2.33. The number of amides is 1. The number of alkyl halides is 3. The normalized spacial score (nSPS) is 16.5. The molecule has 1 aliphatic rings. The van der Waals surface area contributed by atoms with E-state index < -0.39 is 46.3 Å². The standard InChI is InChI=1S/C15H13F3N4O3/c16-15(17,18)7-3-1-6-2-4-9(8(6)5-7)20-13(24)11-10(19)12(23)22-14(25)21-11/h1,3,5,9H,2,4,19H2,(H,20,24)(H2,21,22,23,25)/t9-/m0/s1. The lowest BCUT2D eigenvalue weighted by Gasteiger charge is -2.16. The van der Waals surface area contributed by atoms with Crippen LogP contribution in [0.25, 0.3) is 0 Å². The quantitative estimate of drug-likeness (QED) is 0.645. The highest BCUT2D eigenvalue weighted by atomic mass is 19.4. The summed E-state index contributed by atoms with van der Waals surface area (Å²) in [6.07, 6.45) is -3.59. The Kier molecular flexibility index (Phi) is 3.90. The summed E-state index contributed by atoms with van der Waals surface area (Å²) < 4.78 is 38.6. The number of nitrogens with two attached hydrogens (primary N) is 1. The number of halogens is 3. The third-order valence-corrected chi connectivity index (χ3v) is 4.06. The smallest absolute Gasteiger partial charge is 0.392 e. The average molecular weight is 354 g/mol. The van der Waals surface area contributed by atoms with Gasteiger partial charge in [0.25, 0.3) is 11.5 Å². The van der Waals surface area contributed by atoms with E-state index in [0.717, 1.165) is 12.1 Å². The predicted octanol–water partition coefficient (Wildman–Crippen LogP) is 1.08. The molecule has 2 aromatic rings. The Hall–Kier alpha value is -3.04. The summed E-state index contributed by atoms with van der Waals surface area (Å²) in [5.41, 5.74) is 3.01. The Morgan fingerprint density at radius 2 is 1.96 bits per heavy atom. The van der Waals surface area contributed by atoms with Gasteiger partial charge in [-0.1, -0.05) is 6.07 Å². The summed E-state index contributed by atoms with van der Waals surface area (Å²) in [6, 6.07) is 2.70. The van der Waals surface area contributed by atoms with E-state index in [-0.39, 0.29) is 0 Å². The van der Waals surface area contributed by atoms with Crippen molar-refractivity contribution in [1.82, 2.24) is 15.3 Å². The van der Waals surface area contributed by atoms with Gasteiger partial charge < -0.3 is 16.0 Å². The molecule has 0 radical (unpaired) electrons. The summed E-state index contributed by atoms with van der Waals surface area (Å²) in [4.78, 5) is 39.0. The average Bonchev–Trinajstić information content (AvgIpc) is 2.92. The van der Waals surface area contributed by atoms with E-state index >= 15 is 0 Å². The second kappa shape index (κ2) is 5.80. The molecule has 7 nitrogen and oxygen atoms in total. The van der Waals surface area contributed by atoms with Crippen LogP contribution >= 0.6 is 0 Å². The van der Waals surface area contributed by atoms with Crippen molar-refractivity contribution in [2.75, 3.05) is 5.73 Å². The van der Waals surface area contributed by atoms with Gasteiger partial charge in [0.05, 0.1) is 11.6 Å². The molecule has 1 heterocycles. The SMILES string of the molecule is Nc1c(C(=O)N[C@H]2CCc3ccc(C(F)(F)F)cc32)[nH]c(=O)[nH]c1=O. The Bertz CT molecular complexity index is 962. The number of H-pyrrole nitrogens is 2. The molecule has 1 amide bonds. The van der Waals surface area contributed by atoms with E-state index in [2.05, 4.69) is 10.3 Å². The van der Waals surface area contributed by atoms with E-state index in [9.17, 15) is 27.6 Å². The Morgan fingerprint density at radius 3 is 2.64 bits per heavy atom. The number of anilines is 1. The fourth-order valence-electron chi connectivity index (χ4n) is 2.83. The fraction of sp³-hybridized carbons (Fsp3) is 0.267. The lowest BCUT2D eigenvalue weighted by molar-refractivity contribution is -0.137. The van der Waals surface area contributed by atoms with E-state index in [1.165, 1.54) is 6.07 Å². The molecule has 0 saturated carbocycles. The van der Waals surface area contributed by atoms with E-state index in [4.69, 9.17) is 5.73 Å². The number of nitrogens with one attached hydrogen (secondary N) is 3. The molecule has 0 aliphatic heterocycles. The number of hydrogen-bond acceptors (Lipinski definition) is 4. The van der Waals surface area contributed by atoms with Crippen LogP contribution in [0.1, 0.15) is 39.6 Å². The lowest BCUT2D eigenvalue weighted by atomic mass is 10.0. The second-order valence-electron chi connectivity index (χ2n) is 5.67. The number of fused-ring (bicyclic) bond motifs is 1. The molecule has 0 spiro atoms. The minimum absolute atomic E-state index is 0.355. The first-order valence-electron chi connectivity index (χ1n) is 7.30.